The van der Waals surface area contributed by atoms with E-state index < -0.39 is 17.2 Å². The summed E-state index contributed by atoms with van der Waals surface area (Å²) < 4.78 is 41.2. The number of amides is 1. The summed E-state index contributed by atoms with van der Waals surface area (Å²) >= 11 is 0. The second kappa shape index (κ2) is 7.93. The summed E-state index contributed by atoms with van der Waals surface area (Å²) in [5.41, 5.74) is 0.543. The Bertz CT molecular complexity index is 1010. The molecular weight excluding hydrogens is 393 g/mol. The van der Waals surface area contributed by atoms with Crippen LogP contribution in [-0.4, -0.2) is 20.7 Å². The molecular formula is C22H21F3N4O. The van der Waals surface area contributed by atoms with Crippen molar-refractivity contribution in [2.45, 2.75) is 43.8 Å². The Kier molecular flexibility index (Phi) is 5.32. The van der Waals surface area contributed by atoms with Crippen LogP contribution in [0.25, 0.3) is 5.69 Å². The first-order valence-corrected chi connectivity index (χ1v) is 9.78. The van der Waals surface area contributed by atoms with Gasteiger partial charge in [0.2, 0.25) is 5.91 Å². The minimum Gasteiger partial charge on any atom is -0.351 e. The van der Waals surface area contributed by atoms with Crippen molar-refractivity contribution >= 4 is 5.91 Å². The quantitative estimate of drug-likeness (QED) is 0.673. The number of hydrogen-bond acceptors (Lipinski definition) is 3. The van der Waals surface area contributed by atoms with Crippen LogP contribution in [0.3, 0.4) is 0 Å². The van der Waals surface area contributed by atoms with Crippen LogP contribution in [0.5, 0.6) is 0 Å². The minimum atomic E-state index is -4.43. The second-order valence-electron chi connectivity index (χ2n) is 7.56. The molecule has 1 heterocycles. The van der Waals surface area contributed by atoms with Crippen LogP contribution in [0.15, 0.2) is 61.2 Å². The summed E-state index contributed by atoms with van der Waals surface area (Å²) in [4.78, 5) is 17.0. The van der Waals surface area contributed by atoms with E-state index in [0.29, 0.717) is 24.9 Å². The number of nitrogens with one attached hydrogen (secondary N) is 1. The fourth-order valence-corrected chi connectivity index (χ4v) is 4.08. The van der Waals surface area contributed by atoms with Gasteiger partial charge in [0.15, 0.2) is 0 Å². The number of hydrogen-bond donors (Lipinski definition) is 1. The van der Waals surface area contributed by atoms with Crippen LogP contribution in [0.1, 0.15) is 42.4 Å². The van der Waals surface area contributed by atoms with Crippen LogP contribution >= 0.6 is 0 Å². The van der Waals surface area contributed by atoms with Crippen LogP contribution < -0.4 is 5.32 Å². The molecule has 3 aromatic rings. The molecule has 0 saturated heterocycles. The zero-order chi connectivity index (χ0) is 21.2. The zero-order valence-electron chi connectivity index (χ0n) is 16.2. The van der Waals surface area contributed by atoms with Crippen LogP contribution in [-0.2, 0) is 22.9 Å². The topological polar surface area (TPSA) is 59.8 Å². The Morgan fingerprint density at radius 2 is 1.83 bits per heavy atom. The van der Waals surface area contributed by atoms with Gasteiger partial charge in [0.05, 0.1) is 16.7 Å². The van der Waals surface area contributed by atoms with Gasteiger partial charge in [-0.3, -0.25) is 4.79 Å². The van der Waals surface area contributed by atoms with Crippen LogP contribution in [0.4, 0.5) is 13.2 Å². The van der Waals surface area contributed by atoms with E-state index in [2.05, 4.69) is 15.4 Å². The highest BCUT2D eigenvalue weighted by molar-refractivity contribution is 5.88. The van der Waals surface area contributed by atoms with Gasteiger partial charge in [0.1, 0.15) is 12.7 Å². The van der Waals surface area contributed by atoms with Gasteiger partial charge in [0, 0.05) is 6.54 Å². The highest BCUT2D eigenvalue weighted by Crippen LogP contribution is 2.43. The molecule has 1 fully saturated rings. The highest BCUT2D eigenvalue weighted by Gasteiger charge is 2.43. The third-order valence-electron chi connectivity index (χ3n) is 5.71. The van der Waals surface area contributed by atoms with Gasteiger partial charge in [-0.05, 0) is 42.2 Å². The number of aromatic nitrogens is 3. The van der Waals surface area contributed by atoms with Gasteiger partial charge in [-0.15, -0.1) is 0 Å². The normalized spacial score (nSPS) is 15.8. The Hall–Kier alpha value is -3.16. The summed E-state index contributed by atoms with van der Waals surface area (Å²) in [5.74, 6) is -0.223. The van der Waals surface area contributed by atoms with E-state index in [1.165, 1.54) is 12.4 Å². The molecule has 0 aliphatic heterocycles. The summed E-state index contributed by atoms with van der Waals surface area (Å²) in [5, 5.41) is 7.00. The number of carbonyl (C=O) groups is 1. The number of benzene rings is 2. The first-order valence-electron chi connectivity index (χ1n) is 9.78. The SMILES string of the molecule is O=C(NCc1ccc(-n2cncn2)cc1)C1(c2cccc(C(F)(F)F)c2)CCCC1. The van der Waals surface area contributed by atoms with E-state index in [9.17, 15) is 18.0 Å². The van der Waals surface area contributed by atoms with Gasteiger partial charge in [-0.1, -0.05) is 43.2 Å². The van der Waals surface area contributed by atoms with Crippen molar-refractivity contribution in [3.8, 4) is 5.69 Å². The smallest absolute Gasteiger partial charge is 0.351 e. The molecule has 0 spiro atoms. The lowest BCUT2D eigenvalue weighted by molar-refractivity contribution is -0.138. The Labute approximate surface area is 171 Å². The zero-order valence-corrected chi connectivity index (χ0v) is 16.2. The molecule has 0 bridgehead atoms. The molecule has 1 aromatic heterocycles. The molecule has 1 saturated carbocycles. The minimum absolute atomic E-state index is 0.223. The lowest BCUT2D eigenvalue weighted by Gasteiger charge is -2.29. The second-order valence-corrected chi connectivity index (χ2v) is 7.56. The number of alkyl halides is 3. The summed E-state index contributed by atoms with van der Waals surface area (Å²) in [6.45, 7) is 0.303. The van der Waals surface area contributed by atoms with E-state index in [-0.39, 0.29) is 5.91 Å². The molecule has 1 aliphatic rings. The molecule has 1 amide bonds. The average Bonchev–Trinajstić information content (AvgIpc) is 3.45. The first kappa shape index (κ1) is 20.1. The van der Waals surface area contributed by atoms with E-state index in [0.717, 1.165) is 36.2 Å². The standard InChI is InChI=1S/C22H21F3N4O/c23-22(24,25)18-5-3-4-17(12-18)21(10-1-2-11-21)20(30)27-13-16-6-8-19(9-7-16)29-15-26-14-28-29/h3-9,12,14-15H,1-2,10-11,13H2,(H,27,30). The highest BCUT2D eigenvalue weighted by atomic mass is 19.4. The van der Waals surface area contributed by atoms with E-state index >= 15 is 0 Å². The van der Waals surface area contributed by atoms with Crippen molar-refractivity contribution in [1.82, 2.24) is 20.1 Å². The van der Waals surface area contributed by atoms with Crippen molar-refractivity contribution in [2.75, 3.05) is 0 Å². The summed E-state index contributed by atoms with van der Waals surface area (Å²) in [6.07, 6.45) is 1.33. The number of carbonyl (C=O) groups excluding carboxylic acids is 1. The molecule has 30 heavy (non-hydrogen) atoms. The van der Waals surface area contributed by atoms with Crippen molar-refractivity contribution in [3.63, 3.8) is 0 Å². The molecule has 156 valence electrons. The Morgan fingerprint density at radius 1 is 1.10 bits per heavy atom. The summed E-state index contributed by atoms with van der Waals surface area (Å²) in [7, 11) is 0. The van der Waals surface area contributed by atoms with Crippen molar-refractivity contribution < 1.29 is 18.0 Å². The molecule has 4 rings (SSSR count). The molecule has 2 aromatic carbocycles. The maximum Gasteiger partial charge on any atom is 0.416 e. The van der Waals surface area contributed by atoms with E-state index in [1.54, 1.807) is 17.1 Å². The predicted molar refractivity (Wildman–Crippen MR) is 105 cm³/mol. The van der Waals surface area contributed by atoms with Crippen LogP contribution in [0.2, 0.25) is 0 Å². The van der Waals surface area contributed by atoms with E-state index in [1.807, 2.05) is 24.3 Å². The maximum absolute atomic E-state index is 13.2. The monoisotopic (exact) mass is 414 g/mol. The van der Waals surface area contributed by atoms with Crippen molar-refractivity contribution in [3.05, 3.63) is 77.9 Å². The molecule has 0 atom stereocenters. The maximum atomic E-state index is 13.2. The third-order valence-corrected chi connectivity index (χ3v) is 5.71. The van der Waals surface area contributed by atoms with Crippen molar-refractivity contribution in [2.24, 2.45) is 0 Å². The third kappa shape index (κ3) is 3.94. The van der Waals surface area contributed by atoms with Crippen molar-refractivity contribution in [1.29, 1.82) is 0 Å². The van der Waals surface area contributed by atoms with Gasteiger partial charge in [0.25, 0.3) is 0 Å². The average molecular weight is 414 g/mol. The predicted octanol–water partition coefficient (Wildman–Crippen LogP) is 4.41. The molecule has 0 unspecified atom stereocenters. The van der Waals surface area contributed by atoms with Gasteiger partial charge >= 0.3 is 6.18 Å². The Morgan fingerprint density at radius 3 is 2.47 bits per heavy atom. The lowest BCUT2D eigenvalue weighted by Crippen LogP contribution is -2.42. The summed E-state index contributed by atoms with van der Waals surface area (Å²) in [6, 6.07) is 12.7. The number of halogens is 3. The number of nitrogens with zero attached hydrogens (tertiary/aromatic N) is 3. The lowest BCUT2D eigenvalue weighted by atomic mass is 9.77. The van der Waals surface area contributed by atoms with Gasteiger partial charge in [-0.2, -0.15) is 18.3 Å². The molecule has 8 heteroatoms. The van der Waals surface area contributed by atoms with Crippen LogP contribution in [0, 0.1) is 0 Å². The first-order chi connectivity index (χ1) is 14.4. The largest absolute Gasteiger partial charge is 0.416 e. The molecule has 5 nitrogen and oxygen atoms in total. The fraction of sp³-hybridized carbons (Fsp3) is 0.318. The molecule has 1 aliphatic carbocycles. The molecule has 1 N–H and O–H groups in total. The van der Waals surface area contributed by atoms with Gasteiger partial charge < -0.3 is 5.32 Å². The van der Waals surface area contributed by atoms with E-state index in [4.69, 9.17) is 0 Å². The fourth-order valence-electron chi connectivity index (χ4n) is 4.08. The van der Waals surface area contributed by atoms with Gasteiger partial charge in [-0.25, -0.2) is 9.67 Å². The Balaban J connectivity index is 1.50. The molecule has 0 radical (unpaired) electrons. The number of rotatable bonds is 5.